The molecule has 4 rings (SSSR count). The summed E-state index contributed by atoms with van der Waals surface area (Å²) in [6.07, 6.45) is -0.472. The first-order valence-electron chi connectivity index (χ1n) is 9.50. The SMILES string of the molecule is O=C(OC(CCc1ccc2ccccc2c1)C(=O)O)c1ccc2ccccc2c1. The fourth-order valence-corrected chi connectivity index (χ4v) is 3.44. The first-order valence-corrected chi connectivity index (χ1v) is 9.50. The third kappa shape index (κ3) is 4.27. The molecule has 0 spiro atoms. The Bertz CT molecular complexity index is 1200. The van der Waals surface area contributed by atoms with E-state index in [1.807, 2.05) is 72.8 Å². The van der Waals surface area contributed by atoms with Crippen LogP contribution in [-0.4, -0.2) is 23.1 Å². The minimum Gasteiger partial charge on any atom is -0.479 e. The zero-order chi connectivity index (χ0) is 20.2. The molecular formula is C25H20O4. The van der Waals surface area contributed by atoms with E-state index in [2.05, 4.69) is 0 Å². The molecular weight excluding hydrogens is 364 g/mol. The third-order valence-electron chi connectivity index (χ3n) is 5.02. The molecule has 4 aromatic rings. The highest BCUT2D eigenvalue weighted by atomic mass is 16.6. The number of carboxylic acid groups (broad SMARTS) is 1. The van der Waals surface area contributed by atoms with E-state index in [1.165, 1.54) is 0 Å². The molecule has 0 fully saturated rings. The summed E-state index contributed by atoms with van der Waals surface area (Å²) >= 11 is 0. The molecule has 1 N–H and O–H groups in total. The normalized spacial score (nSPS) is 12.0. The van der Waals surface area contributed by atoms with Gasteiger partial charge in [0.05, 0.1) is 5.56 Å². The number of aryl methyl sites for hydroxylation is 1. The number of hydrogen-bond donors (Lipinski definition) is 1. The van der Waals surface area contributed by atoms with E-state index in [4.69, 9.17) is 4.74 Å². The van der Waals surface area contributed by atoms with E-state index >= 15 is 0 Å². The Balaban J connectivity index is 1.46. The minimum absolute atomic E-state index is 0.215. The highest BCUT2D eigenvalue weighted by molar-refractivity contribution is 5.96. The molecule has 4 nitrogen and oxygen atoms in total. The first-order chi connectivity index (χ1) is 14.1. The van der Waals surface area contributed by atoms with Crippen molar-refractivity contribution in [1.82, 2.24) is 0 Å². The summed E-state index contributed by atoms with van der Waals surface area (Å²) in [7, 11) is 0. The highest BCUT2D eigenvalue weighted by Crippen LogP contribution is 2.19. The van der Waals surface area contributed by atoms with Gasteiger partial charge < -0.3 is 9.84 Å². The van der Waals surface area contributed by atoms with Crippen molar-refractivity contribution in [3.63, 3.8) is 0 Å². The smallest absolute Gasteiger partial charge is 0.345 e. The zero-order valence-electron chi connectivity index (χ0n) is 15.7. The zero-order valence-corrected chi connectivity index (χ0v) is 15.7. The summed E-state index contributed by atoms with van der Waals surface area (Å²) in [6.45, 7) is 0. The average molecular weight is 384 g/mol. The Hall–Kier alpha value is -3.66. The van der Waals surface area contributed by atoms with Gasteiger partial charge in [-0.05, 0) is 52.1 Å². The number of carbonyl (C=O) groups is 2. The number of aliphatic carboxylic acids is 1. The van der Waals surface area contributed by atoms with Gasteiger partial charge >= 0.3 is 11.9 Å². The molecule has 4 aromatic carbocycles. The average Bonchev–Trinajstić information content (AvgIpc) is 2.75. The molecule has 0 saturated heterocycles. The molecule has 29 heavy (non-hydrogen) atoms. The van der Waals surface area contributed by atoms with Gasteiger partial charge in [0.25, 0.3) is 0 Å². The standard InChI is InChI=1S/C25H20O4/c26-24(27)23(14-10-17-9-11-18-5-1-3-7-20(18)15-17)29-25(28)22-13-12-19-6-2-4-8-21(19)16-22/h1-9,11-13,15-16,23H,10,14H2,(H,26,27). The number of carboxylic acids is 1. The molecule has 1 atom stereocenters. The van der Waals surface area contributed by atoms with Crippen molar-refractivity contribution < 1.29 is 19.4 Å². The molecule has 0 bridgehead atoms. The van der Waals surface area contributed by atoms with Crippen molar-refractivity contribution in [2.24, 2.45) is 0 Å². The first kappa shape index (κ1) is 18.7. The third-order valence-corrected chi connectivity index (χ3v) is 5.02. The van der Waals surface area contributed by atoms with Crippen LogP contribution in [-0.2, 0) is 16.0 Å². The van der Waals surface area contributed by atoms with Crippen LogP contribution < -0.4 is 0 Å². The summed E-state index contributed by atoms with van der Waals surface area (Å²) < 4.78 is 5.32. The lowest BCUT2D eigenvalue weighted by atomic mass is 10.0. The summed E-state index contributed by atoms with van der Waals surface area (Å²) in [6, 6.07) is 26.9. The molecule has 0 aliphatic carbocycles. The second-order valence-corrected chi connectivity index (χ2v) is 7.01. The van der Waals surface area contributed by atoms with Crippen LogP contribution in [0, 0.1) is 0 Å². The van der Waals surface area contributed by atoms with Crippen LogP contribution in [0.5, 0.6) is 0 Å². The molecule has 0 radical (unpaired) electrons. The quantitative estimate of drug-likeness (QED) is 0.462. The maximum absolute atomic E-state index is 12.5. The van der Waals surface area contributed by atoms with E-state index < -0.39 is 18.0 Å². The van der Waals surface area contributed by atoms with Crippen molar-refractivity contribution in [3.8, 4) is 0 Å². The molecule has 0 aliphatic heterocycles. The van der Waals surface area contributed by atoms with Crippen LogP contribution in [0.25, 0.3) is 21.5 Å². The molecule has 0 saturated carbocycles. The van der Waals surface area contributed by atoms with E-state index in [0.29, 0.717) is 12.0 Å². The van der Waals surface area contributed by atoms with Crippen LogP contribution in [0.3, 0.4) is 0 Å². The Labute approximate surface area is 168 Å². The number of benzene rings is 4. The fourth-order valence-electron chi connectivity index (χ4n) is 3.44. The number of carbonyl (C=O) groups excluding carboxylic acids is 1. The van der Waals surface area contributed by atoms with Gasteiger partial charge in [-0.2, -0.15) is 0 Å². The van der Waals surface area contributed by atoms with E-state index in [1.54, 1.807) is 12.1 Å². The van der Waals surface area contributed by atoms with Gasteiger partial charge in [0, 0.05) is 0 Å². The van der Waals surface area contributed by atoms with Gasteiger partial charge in [0.15, 0.2) is 6.10 Å². The van der Waals surface area contributed by atoms with Crippen molar-refractivity contribution in [3.05, 3.63) is 96.1 Å². The minimum atomic E-state index is -1.19. The lowest BCUT2D eigenvalue weighted by Gasteiger charge is -2.14. The van der Waals surface area contributed by atoms with Crippen molar-refractivity contribution in [2.75, 3.05) is 0 Å². The van der Waals surface area contributed by atoms with Gasteiger partial charge in [-0.3, -0.25) is 0 Å². The second kappa shape index (κ2) is 8.15. The number of esters is 1. The maximum Gasteiger partial charge on any atom is 0.345 e. The molecule has 0 aromatic heterocycles. The molecule has 0 aliphatic rings. The van der Waals surface area contributed by atoms with Crippen molar-refractivity contribution >= 4 is 33.5 Å². The molecule has 0 amide bonds. The van der Waals surface area contributed by atoms with E-state index in [-0.39, 0.29) is 6.42 Å². The number of fused-ring (bicyclic) bond motifs is 2. The highest BCUT2D eigenvalue weighted by Gasteiger charge is 2.23. The molecule has 144 valence electrons. The monoisotopic (exact) mass is 384 g/mol. The van der Waals surface area contributed by atoms with Crippen LogP contribution in [0.4, 0.5) is 0 Å². The van der Waals surface area contributed by atoms with E-state index in [0.717, 1.165) is 27.1 Å². The van der Waals surface area contributed by atoms with Crippen LogP contribution in [0.15, 0.2) is 84.9 Å². The lowest BCUT2D eigenvalue weighted by Crippen LogP contribution is -2.27. The number of rotatable bonds is 6. The van der Waals surface area contributed by atoms with Gasteiger partial charge in [-0.1, -0.05) is 72.8 Å². The van der Waals surface area contributed by atoms with Gasteiger partial charge in [-0.25, -0.2) is 9.59 Å². The topological polar surface area (TPSA) is 63.6 Å². The summed E-state index contributed by atoms with van der Waals surface area (Å²) in [5.74, 6) is -1.76. The summed E-state index contributed by atoms with van der Waals surface area (Å²) in [4.78, 5) is 24.1. The Morgan fingerprint density at radius 3 is 2.00 bits per heavy atom. The Kier molecular flexibility index (Phi) is 5.25. The van der Waals surface area contributed by atoms with Gasteiger partial charge in [0.1, 0.15) is 0 Å². The van der Waals surface area contributed by atoms with E-state index in [9.17, 15) is 14.7 Å². The van der Waals surface area contributed by atoms with Crippen LogP contribution >= 0.6 is 0 Å². The second-order valence-electron chi connectivity index (χ2n) is 7.01. The predicted molar refractivity (Wildman–Crippen MR) is 113 cm³/mol. The fraction of sp³-hybridized carbons (Fsp3) is 0.120. The van der Waals surface area contributed by atoms with Gasteiger partial charge in [-0.15, -0.1) is 0 Å². The summed E-state index contributed by atoms with van der Waals surface area (Å²) in [5.41, 5.74) is 1.36. The molecule has 4 heteroatoms. The molecule has 0 heterocycles. The van der Waals surface area contributed by atoms with Crippen LogP contribution in [0.2, 0.25) is 0 Å². The number of hydrogen-bond acceptors (Lipinski definition) is 3. The number of ether oxygens (including phenoxy) is 1. The summed E-state index contributed by atoms with van der Waals surface area (Å²) in [5, 5.41) is 13.7. The van der Waals surface area contributed by atoms with Crippen molar-refractivity contribution in [1.29, 1.82) is 0 Å². The predicted octanol–water partition coefficient (Wildman–Crippen LogP) is 5.24. The van der Waals surface area contributed by atoms with Crippen LogP contribution in [0.1, 0.15) is 22.3 Å². The van der Waals surface area contributed by atoms with Gasteiger partial charge in [0.2, 0.25) is 0 Å². The Morgan fingerprint density at radius 1 is 0.759 bits per heavy atom. The molecule has 1 unspecified atom stereocenters. The largest absolute Gasteiger partial charge is 0.479 e. The lowest BCUT2D eigenvalue weighted by molar-refractivity contribution is -0.147. The maximum atomic E-state index is 12.5. The van der Waals surface area contributed by atoms with Crippen molar-refractivity contribution in [2.45, 2.75) is 18.9 Å². The Morgan fingerprint density at radius 2 is 1.34 bits per heavy atom.